The summed E-state index contributed by atoms with van der Waals surface area (Å²) < 4.78 is 5.88. The van der Waals surface area contributed by atoms with Gasteiger partial charge >= 0.3 is 0 Å². The van der Waals surface area contributed by atoms with E-state index in [4.69, 9.17) is 10.00 Å². The minimum atomic E-state index is -0.0959. The van der Waals surface area contributed by atoms with E-state index in [-0.39, 0.29) is 12.1 Å². The number of H-pyrrole nitrogens is 1. The highest BCUT2D eigenvalue weighted by Crippen LogP contribution is 2.27. The minimum Gasteiger partial charge on any atom is -0.367 e. The molecule has 0 bridgehead atoms. The fraction of sp³-hybridized carbons (Fsp3) is 0.500. The van der Waals surface area contributed by atoms with Crippen molar-refractivity contribution in [2.45, 2.75) is 38.8 Å². The quantitative estimate of drug-likeness (QED) is 0.914. The van der Waals surface area contributed by atoms with Crippen LogP contribution in [-0.4, -0.2) is 39.8 Å². The lowest BCUT2D eigenvalue weighted by atomic mass is 10.0. The van der Waals surface area contributed by atoms with Gasteiger partial charge in [-0.3, -0.25) is 10.00 Å². The normalized spacial score (nSPS) is 19.8. The third-order valence-electron chi connectivity index (χ3n) is 4.49. The second-order valence-corrected chi connectivity index (χ2v) is 6.15. The Morgan fingerprint density at radius 3 is 2.92 bits per heavy atom. The molecule has 1 fully saturated rings. The van der Waals surface area contributed by atoms with Crippen LogP contribution in [0.1, 0.15) is 55.2 Å². The van der Waals surface area contributed by atoms with Crippen LogP contribution in [0.4, 0.5) is 0 Å². The number of rotatable bonds is 5. The van der Waals surface area contributed by atoms with Gasteiger partial charge in [-0.2, -0.15) is 10.4 Å². The van der Waals surface area contributed by atoms with Crippen LogP contribution in [-0.2, 0) is 11.2 Å². The van der Waals surface area contributed by atoms with Gasteiger partial charge in [0.2, 0.25) is 0 Å². The number of nitrogens with one attached hydrogen (secondary N) is 1. The van der Waals surface area contributed by atoms with Gasteiger partial charge in [0.15, 0.2) is 5.82 Å². The molecule has 2 atom stereocenters. The summed E-state index contributed by atoms with van der Waals surface area (Å²) in [5.41, 5.74) is 1.89. The Bertz CT molecular complexity index is 703. The maximum atomic E-state index is 8.92. The highest BCUT2D eigenvalue weighted by atomic mass is 16.5. The van der Waals surface area contributed by atoms with Crippen LogP contribution >= 0.6 is 0 Å². The first kappa shape index (κ1) is 16.6. The molecule has 1 saturated heterocycles. The Kier molecular flexibility index (Phi) is 5.24. The molecule has 0 aliphatic carbocycles. The standard InChI is InChI=1S/C18H23N5O/c1-3-4-17-20-18(22-21-17)16-12-23(9-10-24-16)13(2)15-7-5-14(11-19)6-8-15/h5-8,13,16H,3-4,9-10,12H2,1-2H3,(H,20,21,22)/t13-,16-/m0/s1. The monoisotopic (exact) mass is 325 g/mol. The second kappa shape index (κ2) is 7.56. The topological polar surface area (TPSA) is 77.8 Å². The van der Waals surface area contributed by atoms with Crippen molar-refractivity contribution in [3.63, 3.8) is 0 Å². The summed E-state index contributed by atoms with van der Waals surface area (Å²) in [6, 6.07) is 10.2. The fourth-order valence-electron chi connectivity index (χ4n) is 3.03. The molecule has 6 nitrogen and oxygen atoms in total. The first-order chi connectivity index (χ1) is 11.7. The van der Waals surface area contributed by atoms with Gasteiger partial charge in [-0.1, -0.05) is 19.1 Å². The summed E-state index contributed by atoms with van der Waals surface area (Å²) in [5, 5.41) is 16.2. The van der Waals surface area contributed by atoms with Crippen molar-refractivity contribution < 1.29 is 4.74 Å². The number of morpholine rings is 1. The molecule has 6 heteroatoms. The summed E-state index contributed by atoms with van der Waals surface area (Å²) in [6.07, 6.45) is 1.86. The largest absolute Gasteiger partial charge is 0.367 e. The number of ether oxygens (including phenoxy) is 1. The SMILES string of the molecule is CCCc1nc([C@@H]2CN([C@@H](C)c3ccc(C#N)cc3)CCO2)n[nH]1. The molecule has 0 saturated carbocycles. The number of aryl methyl sites for hydroxylation is 1. The van der Waals surface area contributed by atoms with E-state index in [2.05, 4.69) is 40.0 Å². The first-order valence-electron chi connectivity index (χ1n) is 8.48. The van der Waals surface area contributed by atoms with E-state index in [1.807, 2.05) is 24.3 Å². The lowest BCUT2D eigenvalue weighted by molar-refractivity contribution is -0.0470. The van der Waals surface area contributed by atoms with E-state index in [9.17, 15) is 0 Å². The molecule has 0 unspecified atom stereocenters. The third-order valence-corrected chi connectivity index (χ3v) is 4.49. The number of nitriles is 1. The predicted octanol–water partition coefficient (Wildman–Crippen LogP) is 2.76. The Morgan fingerprint density at radius 2 is 2.21 bits per heavy atom. The number of nitrogens with zero attached hydrogens (tertiary/aromatic N) is 4. The molecule has 1 aliphatic heterocycles. The molecule has 3 rings (SSSR count). The van der Waals surface area contributed by atoms with E-state index in [1.54, 1.807) is 0 Å². The summed E-state index contributed by atoms with van der Waals surface area (Å²) in [5.74, 6) is 1.67. The van der Waals surface area contributed by atoms with Crippen molar-refractivity contribution in [2.24, 2.45) is 0 Å². The van der Waals surface area contributed by atoms with Crippen molar-refractivity contribution >= 4 is 0 Å². The maximum Gasteiger partial charge on any atom is 0.180 e. The maximum absolute atomic E-state index is 8.92. The highest BCUT2D eigenvalue weighted by Gasteiger charge is 2.28. The molecule has 1 aliphatic rings. The molecule has 2 heterocycles. The second-order valence-electron chi connectivity index (χ2n) is 6.15. The van der Waals surface area contributed by atoms with Crippen LogP contribution in [0.5, 0.6) is 0 Å². The smallest absolute Gasteiger partial charge is 0.180 e. The summed E-state index contributed by atoms with van der Waals surface area (Å²) in [6.45, 7) is 6.63. The van der Waals surface area contributed by atoms with Crippen molar-refractivity contribution in [1.82, 2.24) is 20.1 Å². The molecule has 126 valence electrons. The predicted molar refractivity (Wildman–Crippen MR) is 90.2 cm³/mol. The summed E-state index contributed by atoms with van der Waals surface area (Å²) >= 11 is 0. The van der Waals surface area contributed by atoms with Crippen LogP contribution in [0.15, 0.2) is 24.3 Å². The van der Waals surface area contributed by atoms with Gasteiger partial charge in [0.1, 0.15) is 11.9 Å². The van der Waals surface area contributed by atoms with E-state index in [0.29, 0.717) is 12.2 Å². The molecule has 2 aromatic rings. The van der Waals surface area contributed by atoms with Gasteiger partial charge < -0.3 is 4.74 Å². The fourth-order valence-corrected chi connectivity index (χ4v) is 3.03. The zero-order chi connectivity index (χ0) is 16.9. The van der Waals surface area contributed by atoms with E-state index >= 15 is 0 Å². The van der Waals surface area contributed by atoms with Crippen molar-refractivity contribution in [3.05, 3.63) is 47.0 Å². The number of aromatic amines is 1. The molecule has 1 N–H and O–H groups in total. The molecule has 0 spiro atoms. The van der Waals surface area contributed by atoms with Crippen LogP contribution in [0.25, 0.3) is 0 Å². The van der Waals surface area contributed by atoms with Crippen LogP contribution in [0.2, 0.25) is 0 Å². The Balaban J connectivity index is 1.68. The summed E-state index contributed by atoms with van der Waals surface area (Å²) in [4.78, 5) is 6.94. The molecule has 1 aromatic carbocycles. The molecular weight excluding hydrogens is 302 g/mol. The molecule has 0 radical (unpaired) electrons. The van der Waals surface area contributed by atoms with E-state index in [0.717, 1.165) is 37.6 Å². The van der Waals surface area contributed by atoms with Crippen LogP contribution in [0, 0.1) is 11.3 Å². The molecular formula is C18H23N5O. The van der Waals surface area contributed by atoms with Gasteiger partial charge in [-0.25, -0.2) is 4.98 Å². The lowest BCUT2D eigenvalue weighted by Crippen LogP contribution is -2.40. The van der Waals surface area contributed by atoms with Crippen molar-refractivity contribution in [1.29, 1.82) is 5.26 Å². The van der Waals surface area contributed by atoms with Crippen LogP contribution in [0.3, 0.4) is 0 Å². The third kappa shape index (κ3) is 3.64. The molecule has 0 amide bonds. The zero-order valence-electron chi connectivity index (χ0n) is 14.2. The molecule has 1 aromatic heterocycles. The van der Waals surface area contributed by atoms with E-state index < -0.39 is 0 Å². The highest BCUT2D eigenvalue weighted by molar-refractivity contribution is 5.32. The van der Waals surface area contributed by atoms with Crippen molar-refractivity contribution in [3.8, 4) is 6.07 Å². The minimum absolute atomic E-state index is 0.0959. The Labute approximate surface area is 142 Å². The number of aromatic nitrogens is 3. The number of benzene rings is 1. The van der Waals surface area contributed by atoms with Crippen LogP contribution < -0.4 is 0 Å². The van der Waals surface area contributed by atoms with Crippen molar-refractivity contribution in [2.75, 3.05) is 19.7 Å². The van der Waals surface area contributed by atoms with Gasteiger partial charge in [0.05, 0.1) is 18.2 Å². The zero-order valence-corrected chi connectivity index (χ0v) is 14.2. The number of hydrogen-bond acceptors (Lipinski definition) is 5. The van der Waals surface area contributed by atoms with Gasteiger partial charge in [-0.15, -0.1) is 0 Å². The Hall–Kier alpha value is -2.23. The van der Waals surface area contributed by atoms with Gasteiger partial charge in [0, 0.05) is 25.6 Å². The lowest BCUT2D eigenvalue weighted by Gasteiger charge is -2.36. The first-order valence-corrected chi connectivity index (χ1v) is 8.48. The van der Waals surface area contributed by atoms with Gasteiger partial charge in [-0.05, 0) is 31.0 Å². The van der Waals surface area contributed by atoms with E-state index in [1.165, 1.54) is 5.56 Å². The molecule has 24 heavy (non-hydrogen) atoms. The number of hydrogen-bond donors (Lipinski definition) is 1. The van der Waals surface area contributed by atoms with Gasteiger partial charge in [0.25, 0.3) is 0 Å². The summed E-state index contributed by atoms with van der Waals surface area (Å²) in [7, 11) is 0. The average Bonchev–Trinajstić information content (AvgIpc) is 3.10. The average molecular weight is 325 g/mol. The Morgan fingerprint density at radius 1 is 1.42 bits per heavy atom.